The number of rotatable bonds is 3. The fraction of sp³-hybridized carbons (Fsp3) is 0.562. The van der Waals surface area contributed by atoms with Crippen LogP contribution >= 0.6 is 35.6 Å². The molecule has 1 aromatic rings. The predicted molar refractivity (Wildman–Crippen MR) is 93.3 cm³/mol. The number of amides is 1. The highest BCUT2D eigenvalue weighted by Crippen LogP contribution is 2.45. The van der Waals surface area contributed by atoms with E-state index in [0.29, 0.717) is 10.0 Å². The summed E-state index contributed by atoms with van der Waals surface area (Å²) in [5.41, 5.74) is 0.579. The molecule has 122 valence electrons. The Bertz CT molecular complexity index is 540. The van der Waals surface area contributed by atoms with Crippen LogP contribution in [0.1, 0.15) is 37.7 Å². The van der Waals surface area contributed by atoms with Gasteiger partial charge in [-0.05, 0) is 49.9 Å². The Morgan fingerprint density at radius 2 is 2.00 bits per heavy atom. The molecule has 0 unspecified atom stereocenters. The van der Waals surface area contributed by atoms with Crippen LogP contribution in [0.25, 0.3) is 0 Å². The first-order valence-corrected chi connectivity index (χ1v) is 8.35. The minimum atomic E-state index is -0.411. The highest BCUT2D eigenvalue weighted by Gasteiger charge is 2.46. The first-order chi connectivity index (χ1) is 10.1. The molecule has 1 heterocycles. The Kier molecular flexibility index (Phi) is 6.00. The second kappa shape index (κ2) is 7.39. The number of benzene rings is 1. The maximum atomic E-state index is 12.8. The van der Waals surface area contributed by atoms with E-state index in [1.807, 2.05) is 12.1 Å². The molecule has 0 radical (unpaired) electrons. The molecule has 22 heavy (non-hydrogen) atoms. The molecule has 1 saturated heterocycles. The normalized spacial score (nSPS) is 23.1. The van der Waals surface area contributed by atoms with Crippen LogP contribution in [-0.2, 0) is 10.2 Å². The van der Waals surface area contributed by atoms with Gasteiger partial charge in [0, 0.05) is 12.6 Å². The molecule has 6 heteroatoms. The highest BCUT2D eigenvalue weighted by molar-refractivity contribution is 6.42. The Morgan fingerprint density at radius 1 is 1.23 bits per heavy atom. The van der Waals surface area contributed by atoms with E-state index < -0.39 is 5.41 Å². The van der Waals surface area contributed by atoms with E-state index in [1.54, 1.807) is 6.07 Å². The van der Waals surface area contributed by atoms with E-state index in [-0.39, 0.29) is 24.4 Å². The van der Waals surface area contributed by atoms with Crippen LogP contribution in [0.4, 0.5) is 0 Å². The van der Waals surface area contributed by atoms with E-state index in [9.17, 15) is 4.79 Å². The van der Waals surface area contributed by atoms with Crippen molar-refractivity contribution < 1.29 is 4.79 Å². The smallest absolute Gasteiger partial charge is 0.230 e. The van der Waals surface area contributed by atoms with Crippen LogP contribution in [-0.4, -0.2) is 25.0 Å². The zero-order chi connectivity index (χ0) is 14.9. The topological polar surface area (TPSA) is 41.1 Å². The average Bonchev–Trinajstić information content (AvgIpc) is 2.42. The van der Waals surface area contributed by atoms with Crippen LogP contribution in [0.15, 0.2) is 18.2 Å². The summed E-state index contributed by atoms with van der Waals surface area (Å²) in [7, 11) is 0. The lowest BCUT2D eigenvalue weighted by Gasteiger charge is -2.42. The lowest BCUT2D eigenvalue weighted by molar-refractivity contribution is -0.130. The van der Waals surface area contributed by atoms with Gasteiger partial charge < -0.3 is 10.6 Å². The lowest BCUT2D eigenvalue weighted by atomic mass is 9.63. The molecule has 3 nitrogen and oxygen atoms in total. The molecule has 2 N–H and O–H groups in total. The summed E-state index contributed by atoms with van der Waals surface area (Å²) in [5.74, 6) is 0.140. The third kappa shape index (κ3) is 3.38. The van der Waals surface area contributed by atoms with Crippen molar-refractivity contribution in [3.63, 3.8) is 0 Å². The number of carbonyl (C=O) groups excluding carboxylic acids is 1. The van der Waals surface area contributed by atoms with Crippen molar-refractivity contribution in [3.05, 3.63) is 33.8 Å². The van der Waals surface area contributed by atoms with Gasteiger partial charge in [-0.15, -0.1) is 12.4 Å². The summed E-state index contributed by atoms with van der Waals surface area (Å²) in [4.78, 5) is 12.8. The third-order valence-corrected chi connectivity index (χ3v) is 5.49. The summed E-state index contributed by atoms with van der Waals surface area (Å²) < 4.78 is 0. The van der Waals surface area contributed by atoms with E-state index in [1.165, 1.54) is 0 Å². The maximum absolute atomic E-state index is 12.8. The van der Waals surface area contributed by atoms with Crippen molar-refractivity contribution >= 4 is 41.5 Å². The number of hydrogen-bond acceptors (Lipinski definition) is 2. The van der Waals surface area contributed by atoms with Crippen LogP contribution in [0, 0.1) is 0 Å². The number of piperidine rings is 1. The van der Waals surface area contributed by atoms with Gasteiger partial charge in [0.25, 0.3) is 0 Å². The fourth-order valence-corrected chi connectivity index (χ4v) is 3.57. The van der Waals surface area contributed by atoms with Gasteiger partial charge in [-0.25, -0.2) is 0 Å². The minimum absolute atomic E-state index is 0. The van der Waals surface area contributed by atoms with Crippen molar-refractivity contribution in [2.45, 2.75) is 43.6 Å². The Balaban J connectivity index is 0.00000176. The average molecular weight is 364 g/mol. The zero-order valence-corrected chi connectivity index (χ0v) is 14.7. The molecule has 1 amide bonds. The van der Waals surface area contributed by atoms with Gasteiger partial charge in [-0.2, -0.15) is 0 Å². The Hall–Kier alpha value is -0.480. The molecule has 2 aliphatic rings. The van der Waals surface area contributed by atoms with Crippen molar-refractivity contribution in [2.24, 2.45) is 0 Å². The largest absolute Gasteiger partial charge is 0.351 e. The second-order valence-corrected chi connectivity index (χ2v) is 6.90. The van der Waals surface area contributed by atoms with E-state index in [2.05, 4.69) is 10.6 Å². The van der Waals surface area contributed by atoms with Gasteiger partial charge in [0.2, 0.25) is 5.91 Å². The molecule has 1 atom stereocenters. The van der Waals surface area contributed by atoms with Gasteiger partial charge in [0.15, 0.2) is 0 Å². The first kappa shape index (κ1) is 17.9. The monoisotopic (exact) mass is 362 g/mol. The quantitative estimate of drug-likeness (QED) is 0.859. The van der Waals surface area contributed by atoms with Gasteiger partial charge in [0.1, 0.15) is 0 Å². The second-order valence-electron chi connectivity index (χ2n) is 6.08. The minimum Gasteiger partial charge on any atom is -0.351 e. The van der Waals surface area contributed by atoms with Gasteiger partial charge in [-0.1, -0.05) is 35.7 Å². The van der Waals surface area contributed by atoms with Gasteiger partial charge in [-0.3, -0.25) is 4.79 Å². The van der Waals surface area contributed by atoms with Crippen LogP contribution < -0.4 is 10.6 Å². The molecule has 3 rings (SSSR count). The van der Waals surface area contributed by atoms with Crippen molar-refractivity contribution in [3.8, 4) is 0 Å². The van der Waals surface area contributed by atoms with E-state index in [0.717, 1.165) is 50.8 Å². The molecule has 1 aliphatic carbocycles. The summed E-state index contributed by atoms with van der Waals surface area (Å²) in [6, 6.07) is 5.81. The molecule has 1 aliphatic heterocycles. The number of halogens is 3. The fourth-order valence-electron chi connectivity index (χ4n) is 3.27. The van der Waals surface area contributed by atoms with Crippen LogP contribution in [0.3, 0.4) is 0 Å². The van der Waals surface area contributed by atoms with Crippen molar-refractivity contribution in [1.82, 2.24) is 10.6 Å². The third-order valence-electron chi connectivity index (χ3n) is 4.75. The standard InChI is InChI=1S/C16H20Cl2N2O.ClH/c17-13-5-4-11(9-14(13)18)16(6-2-7-16)15(21)20-12-3-1-8-19-10-12;/h4-5,9,12,19H,1-3,6-8,10H2,(H,20,21);1H/t12-;/m0./s1. The molecule has 0 aromatic heterocycles. The molecular formula is C16H21Cl3N2O. The molecular weight excluding hydrogens is 343 g/mol. The maximum Gasteiger partial charge on any atom is 0.230 e. The van der Waals surface area contributed by atoms with Crippen LogP contribution in [0.2, 0.25) is 10.0 Å². The predicted octanol–water partition coefficient (Wildman–Crippen LogP) is 3.71. The summed E-state index contributed by atoms with van der Waals surface area (Å²) in [6.45, 7) is 1.91. The number of hydrogen-bond donors (Lipinski definition) is 2. The summed E-state index contributed by atoms with van der Waals surface area (Å²) >= 11 is 12.1. The number of carbonyl (C=O) groups is 1. The lowest BCUT2D eigenvalue weighted by Crippen LogP contribution is -2.55. The van der Waals surface area contributed by atoms with E-state index >= 15 is 0 Å². The molecule has 1 saturated carbocycles. The molecule has 1 aromatic carbocycles. The van der Waals surface area contributed by atoms with Gasteiger partial charge >= 0.3 is 0 Å². The van der Waals surface area contributed by atoms with Crippen molar-refractivity contribution in [2.75, 3.05) is 13.1 Å². The first-order valence-electron chi connectivity index (χ1n) is 7.59. The van der Waals surface area contributed by atoms with Crippen LogP contribution in [0.5, 0.6) is 0 Å². The Labute approximate surface area is 147 Å². The van der Waals surface area contributed by atoms with E-state index in [4.69, 9.17) is 23.2 Å². The SMILES string of the molecule is Cl.O=C(N[C@H]1CCCNC1)C1(c2ccc(Cl)c(Cl)c2)CCC1. The van der Waals surface area contributed by atoms with Crippen molar-refractivity contribution in [1.29, 1.82) is 0 Å². The van der Waals surface area contributed by atoms with Gasteiger partial charge in [0.05, 0.1) is 15.5 Å². The molecule has 2 fully saturated rings. The number of nitrogens with one attached hydrogen (secondary N) is 2. The Morgan fingerprint density at radius 3 is 2.55 bits per heavy atom. The zero-order valence-electron chi connectivity index (χ0n) is 12.3. The molecule has 0 bridgehead atoms. The highest BCUT2D eigenvalue weighted by atomic mass is 35.5. The molecule has 0 spiro atoms. The summed E-state index contributed by atoms with van der Waals surface area (Å²) in [5, 5.41) is 7.60. The summed E-state index contributed by atoms with van der Waals surface area (Å²) in [6.07, 6.45) is 5.02.